The van der Waals surface area contributed by atoms with Gasteiger partial charge in [0.1, 0.15) is 0 Å². The van der Waals surface area contributed by atoms with Crippen molar-refractivity contribution in [1.29, 1.82) is 0 Å². The maximum Gasteiger partial charge on any atom is 0.223 e. The molecule has 1 heterocycles. The molecule has 1 aromatic carbocycles. The van der Waals surface area contributed by atoms with E-state index in [0.717, 1.165) is 11.4 Å². The molecule has 0 aliphatic carbocycles. The number of thiocarbonyl (C=S) groups is 1. The van der Waals surface area contributed by atoms with E-state index < -0.39 is 0 Å². The minimum absolute atomic E-state index is 0.233. The molecule has 0 aliphatic heterocycles. The lowest BCUT2D eigenvalue weighted by Gasteiger charge is -2.04. The lowest BCUT2D eigenvalue weighted by atomic mass is 10.3. The summed E-state index contributed by atoms with van der Waals surface area (Å²) in [7, 11) is 0. The minimum Gasteiger partial charge on any atom is -0.368 e. The standard InChI is InChI=1S/C12H13N5S/c1-9-7-8-17(16-9)11(13)15-12(18)14-10-5-3-2-4-6-10/h2-8H,1H3,(H3,13,14,15,18). The van der Waals surface area contributed by atoms with Crippen LogP contribution in [0.3, 0.4) is 0 Å². The monoisotopic (exact) mass is 259 g/mol. The van der Waals surface area contributed by atoms with Crippen molar-refractivity contribution in [2.24, 2.45) is 10.7 Å². The first-order valence-electron chi connectivity index (χ1n) is 5.38. The fraction of sp³-hybridized carbons (Fsp3) is 0.0833. The average Bonchev–Trinajstić information content (AvgIpc) is 2.77. The van der Waals surface area contributed by atoms with Crippen LogP contribution in [0.4, 0.5) is 5.69 Å². The summed E-state index contributed by atoms with van der Waals surface area (Å²) in [6.45, 7) is 1.88. The molecule has 0 atom stereocenters. The number of nitrogens with zero attached hydrogens (tertiary/aromatic N) is 3. The number of nitrogens with two attached hydrogens (primary N) is 1. The first-order chi connectivity index (χ1) is 8.65. The van der Waals surface area contributed by atoms with Gasteiger partial charge in [-0.05, 0) is 37.3 Å². The molecule has 1 aromatic heterocycles. The van der Waals surface area contributed by atoms with E-state index in [-0.39, 0.29) is 5.96 Å². The van der Waals surface area contributed by atoms with Crippen molar-refractivity contribution in [2.45, 2.75) is 6.92 Å². The lowest BCUT2D eigenvalue weighted by Crippen LogP contribution is -2.25. The van der Waals surface area contributed by atoms with Gasteiger partial charge >= 0.3 is 0 Å². The van der Waals surface area contributed by atoms with Crippen molar-refractivity contribution < 1.29 is 0 Å². The zero-order valence-corrected chi connectivity index (χ0v) is 10.7. The quantitative estimate of drug-likeness (QED) is 0.465. The summed E-state index contributed by atoms with van der Waals surface area (Å²) in [4.78, 5) is 4.07. The van der Waals surface area contributed by atoms with E-state index in [1.54, 1.807) is 6.20 Å². The molecule has 2 rings (SSSR count). The molecular formula is C12H13N5S. The van der Waals surface area contributed by atoms with Gasteiger partial charge in [-0.2, -0.15) is 10.1 Å². The molecule has 0 spiro atoms. The molecule has 92 valence electrons. The van der Waals surface area contributed by atoms with Crippen LogP contribution in [0.5, 0.6) is 0 Å². The molecule has 2 aromatic rings. The van der Waals surface area contributed by atoms with E-state index >= 15 is 0 Å². The average molecular weight is 259 g/mol. The van der Waals surface area contributed by atoms with Crippen molar-refractivity contribution in [1.82, 2.24) is 9.78 Å². The maximum atomic E-state index is 5.79. The van der Waals surface area contributed by atoms with Crippen LogP contribution in [0.1, 0.15) is 5.69 Å². The Kier molecular flexibility index (Phi) is 3.69. The number of para-hydroxylation sites is 1. The number of hydrogen-bond acceptors (Lipinski definition) is 2. The Morgan fingerprint density at radius 3 is 2.67 bits per heavy atom. The van der Waals surface area contributed by atoms with E-state index in [1.807, 2.05) is 43.3 Å². The van der Waals surface area contributed by atoms with Gasteiger partial charge in [0.25, 0.3) is 0 Å². The highest BCUT2D eigenvalue weighted by Gasteiger charge is 2.01. The number of aliphatic imine (C=N–C) groups is 1. The van der Waals surface area contributed by atoms with Gasteiger partial charge in [0.2, 0.25) is 11.1 Å². The second kappa shape index (κ2) is 5.42. The van der Waals surface area contributed by atoms with Crippen LogP contribution in [-0.2, 0) is 0 Å². The fourth-order valence-electron chi connectivity index (χ4n) is 1.37. The van der Waals surface area contributed by atoms with Gasteiger partial charge in [0.15, 0.2) is 0 Å². The van der Waals surface area contributed by atoms with Gasteiger partial charge in [0.05, 0.1) is 5.69 Å². The predicted octanol–water partition coefficient (Wildman–Crippen LogP) is 1.75. The number of rotatable bonds is 1. The molecule has 0 radical (unpaired) electrons. The number of aryl methyl sites for hydroxylation is 1. The Labute approximate surface area is 110 Å². The smallest absolute Gasteiger partial charge is 0.223 e. The Morgan fingerprint density at radius 2 is 2.06 bits per heavy atom. The summed E-state index contributed by atoms with van der Waals surface area (Å²) >= 11 is 5.10. The summed E-state index contributed by atoms with van der Waals surface area (Å²) in [5.41, 5.74) is 7.53. The summed E-state index contributed by atoms with van der Waals surface area (Å²) in [6.07, 6.45) is 1.74. The second-order valence-electron chi connectivity index (χ2n) is 3.67. The van der Waals surface area contributed by atoms with Gasteiger partial charge in [-0.25, -0.2) is 4.68 Å². The number of hydrogen-bond donors (Lipinski definition) is 2. The SMILES string of the molecule is Cc1ccn(C(N)=NC(=S)Nc2ccccc2)n1. The highest BCUT2D eigenvalue weighted by Crippen LogP contribution is 2.05. The fourth-order valence-corrected chi connectivity index (χ4v) is 1.58. The highest BCUT2D eigenvalue weighted by atomic mass is 32.1. The summed E-state index contributed by atoms with van der Waals surface area (Å²) in [5.74, 6) is 0.233. The Bertz CT molecular complexity index is 573. The van der Waals surface area contributed by atoms with Crippen LogP contribution < -0.4 is 11.1 Å². The van der Waals surface area contributed by atoms with Gasteiger partial charge in [0, 0.05) is 11.9 Å². The first-order valence-corrected chi connectivity index (χ1v) is 5.79. The van der Waals surface area contributed by atoms with E-state index in [1.165, 1.54) is 4.68 Å². The van der Waals surface area contributed by atoms with Crippen molar-refractivity contribution >= 4 is 29.0 Å². The van der Waals surface area contributed by atoms with Crippen LogP contribution in [0.15, 0.2) is 47.6 Å². The van der Waals surface area contributed by atoms with Crippen LogP contribution >= 0.6 is 12.2 Å². The van der Waals surface area contributed by atoms with Crippen LogP contribution in [0.25, 0.3) is 0 Å². The van der Waals surface area contributed by atoms with E-state index in [4.69, 9.17) is 18.0 Å². The third-order valence-electron chi connectivity index (χ3n) is 2.20. The molecule has 3 N–H and O–H groups in total. The van der Waals surface area contributed by atoms with Gasteiger partial charge < -0.3 is 11.1 Å². The van der Waals surface area contributed by atoms with E-state index in [0.29, 0.717) is 5.11 Å². The van der Waals surface area contributed by atoms with Crippen molar-refractivity contribution in [3.05, 3.63) is 48.3 Å². The molecule has 0 amide bonds. The topological polar surface area (TPSA) is 68.2 Å². The first kappa shape index (κ1) is 12.3. The normalized spacial score (nSPS) is 11.3. The molecule has 0 saturated carbocycles. The third kappa shape index (κ3) is 3.14. The highest BCUT2D eigenvalue weighted by molar-refractivity contribution is 7.80. The van der Waals surface area contributed by atoms with Crippen molar-refractivity contribution in [3.8, 4) is 0 Å². The van der Waals surface area contributed by atoms with Gasteiger partial charge in [-0.3, -0.25) is 0 Å². The number of nitrogens with one attached hydrogen (secondary N) is 1. The minimum atomic E-state index is 0.233. The van der Waals surface area contributed by atoms with Crippen molar-refractivity contribution in [3.63, 3.8) is 0 Å². The zero-order valence-electron chi connectivity index (χ0n) is 9.87. The molecule has 18 heavy (non-hydrogen) atoms. The lowest BCUT2D eigenvalue weighted by molar-refractivity contribution is 0.901. The van der Waals surface area contributed by atoms with Crippen LogP contribution in [0.2, 0.25) is 0 Å². The van der Waals surface area contributed by atoms with Gasteiger partial charge in [-0.15, -0.1) is 0 Å². The summed E-state index contributed by atoms with van der Waals surface area (Å²) in [5, 5.41) is 7.41. The zero-order chi connectivity index (χ0) is 13.0. The Balaban J connectivity index is 2.07. The second-order valence-corrected chi connectivity index (χ2v) is 4.05. The summed E-state index contributed by atoms with van der Waals surface area (Å²) in [6, 6.07) is 11.4. The third-order valence-corrected chi connectivity index (χ3v) is 2.39. The molecular weight excluding hydrogens is 246 g/mol. The molecule has 0 bridgehead atoms. The van der Waals surface area contributed by atoms with E-state index in [2.05, 4.69) is 15.4 Å². The molecule has 0 unspecified atom stereocenters. The molecule has 0 fully saturated rings. The van der Waals surface area contributed by atoms with Crippen LogP contribution in [-0.4, -0.2) is 20.9 Å². The van der Waals surface area contributed by atoms with Crippen LogP contribution in [0, 0.1) is 6.92 Å². The number of benzene rings is 1. The molecule has 6 heteroatoms. The molecule has 0 saturated heterocycles. The van der Waals surface area contributed by atoms with E-state index in [9.17, 15) is 0 Å². The number of anilines is 1. The largest absolute Gasteiger partial charge is 0.368 e. The van der Waals surface area contributed by atoms with Crippen molar-refractivity contribution in [2.75, 3.05) is 5.32 Å². The summed E-state index contributed by atoms with van der Waals surface area (Å²) < 4.78 is 1.48. The maximum absolute atomic E-state index is 5.79. The molecule has 0 aliphatic rings. The molecule has 5 nitrogen and oxygen atoms in total. The Morgan fingerprint density at radius 1 is 1.33 bits per heavy atom. The predicted molar refractivity (Wildman–Crippen MR) is 76.6 cm³/mol. The Hall–Kier alpha value is -2.21. The van der Waals surface area contributed by atoms with Gasteiger partial charge in [-0.1, -0.05) is 18.2 Å². The number of aromatic nitrogens is 2.